The molecule has 2 N–H and O–H groups in total. The van der Waals surface area contributed by atoms with Crippen LogP contribution in [0, 0.1) is 0 Å². The quantitative estimate of drug-likeness (QED) is 0.876. The molecule has 0 fully saturated rings. The molecule has 0 bridgehead atoms. The smallest absolute Gasteiger partial charge is 0.416 e. The van der Waals surface area contributed by atoms with Crippen molar-refractivity contribution in [3.05, 3.63) is 51.9 Å². The number of hydrogen-bond acceptors (Lipinski definition) is 2. The van der Waals surface area contributed by atoms with Gasteiger partial charge in [0.05, 0.1) is 11.3 Å². The molecule has 0 aliphatic rings. The normalized spacial score (nSPS) is 11.5. The van der Waals surface area contributed by atoms with Crippen molar-refractivity contribution in [2.45, 2.75) is 6.18 Å². The third-order valence-corrected chi connectivity index (χ3v) is 2.43. The predicted octanol–water partition coefficient (Wildman–Crippen LogP) is 1.88. The molecule has 5 nitrogen and oxygen atoms in total. The fourth-order valence-corrected chi connectivity index (χ4v) is 1.54. The first-order valence-corrected chi connectivity index (χ1v) is 5.02. The van der Waals surface area contributed by atoms with Gasteiger partial charge in [0, 0.05) is 6.20 Å². The fourth-order valence-electron chi connectivity index (χ4n) is 1.54. The van der Waals surface area contributed by atoms with Crippen LogP contribution in [-0.2, 0) is 6.18 Å². The van der Waals surface area contributed by atoms with Crippen LogP contribution >= 0.6 is 0 Å². The molecule has 1 heterocycles. The zero-order chi connectivity index (χ0) is 14.2. The van der Waals surface area contributed by atoms with Gasteiger partial charge in [0.15, 0.2) is 0 Å². The molecular weight excluding hydrogens is 265 g/mol. The first kappa shape index (κ1) is 12.9. The van der Waals surface area contributed by atoms with E-state index in [2.05, 4.69) is 5.10 Å². The van der Waals surface area contributed by atoms with Crippen molar-refractivity contribution in [1.82, 2.24) is 9.78 Å². The highest BCUT2D eigenvalue weighted by molar-refractivity contribution is 5.86. The van der Waals surface area contributed by atoms with Gasteiger partial charge >= 0.3 is 12.1 Å². The molecule has 2 rings (SSSR count). The number of nitrogens with zero attached hydrogens (tertiary/aromatic N) is 1. The molecule has 0 radical (unpaired) electrons. The van der Waals surface area contributed by atoms with E-state index in [0.29, 0.717) is 0 Å². The molecule has 100 valence electrons. The highest BCUT2D eigenvalue weighted by atomic mass is 19.4. The van der Waals surface area contributed by atoms with E-state index in [4.69, 9.17) is 5.11 Å². The fraction of sp³-hybridized carbons (Fsp3) is 0.0909. The van der Waals surface area contributed by atoms with Crippen LogP contribution in [0.4, 0.5) is 13.2 Å². The second-order valence-corrected chi connectivity index (χ2v) is 3.68. The maximum atomic E-state index is 12.5. The topological polar surface area (TPSA) is 75.1 Å². The minimum absolute atomic E-state index is 0.0904. The summed E-state index contributed by atoms with van der Waals surface area (Å²) in [4.78, 5) is 22.3. The Bertz CT molecular complexity index is 685. The Labute approximate surface area is 103 Å². The maximum absolute atomic E-state index is 12.5. The summed E-state index contributed by atoms with van der Waals surface area (Å²) in [6, 6.07) is 4.00. The first-order valence-electron chi connectivity index (χ1n) is 5.02. The van der Waals surface area contributed by atoms with Gasteiger partial charge in [-0.3, -0.25) is 9.89 Å². The van der Waals surface area contributed by atoms with E-state index in [1.165, 1.54) is 6.07 Å². The second kappa shape index (κ2) is 4.30. The number of aromatic amines is 1. The summed E-state index contributed by atoms with van der Waals surface area (Å²) in [5.74, 6) is -1.45. The molecule has 0 saturated carbocycles. The number of carboxylic acids is 1. The average molecular weight is 272 g/mol. The lowest BCUT2D eigenvalue weighted by atomic mass is 10.2. The van der Waals surface area contributed by atoms with Gasteiger partial charge < -0.3 is 5.11 Å². The lowest BCUT2D eigenvalue weighted by Gasteiger charge is -2.08. The number of carbonyl (C=O) groups is 1. The highest BCUT2D eigenvalue weighted by Gasteiger charge is 2.30. The highest BCUT2D eigenvalue weighted by Crippen LogP contribution is 2.29. The Hall–Kier alpha value is -2.51. The zero-order valence-electron chi connectivity index (χ0n) is 9.23. The molecule has 0 spiro atoms. The Morgan fingerprint density at radius 1 is 1.32 bits per heavy atom. The predicted molar refractivity (Wildman–Crippen MR) is 58.4 cm³/mol. The van der Waals surface area contributed by atoms with Crippen molar-refractivity contribution >= 4 is 5.97 Å². The molecule has 0 unspecified atom stereocenters. The van der Waals surface area contributed by atoms with Gasteiger partial charge in [0.25, 0.3) is 5.56 Å². The van der Waals surface area contributed by atoms with Crippen molar-refractivity contribution in [3.63, 3.8) is 0 Å². The van der Waals surface area contributed by atoms with E-state index < -0.39 is 28.8 Å². The first-order chi connectivity index (χ1) is 8.80. The van der Waals surface area contributed by atoms with Gasteiger partial charge in [0.2, 0.25) is 0 Å². The molecule has 1 aromatic carbocycles. The molecule has 0 amide bonds. The Kier molecular flexibility index (Phi) is 2.93. The van der Waals surface area contributed by atoms with Gasteiger partial charge in [0.1, 0.15) is 5.56 Å². The van der Waals surface area contributed by atoms with Crippen LogP contribution in [0.2, 0.25) is 0 Å². The number of alkyl halides is 3. The van der Waals surface area contributed by atoms with Gasteiger partial charge in [-0.1, -0.05) is 6.07 Å². The zero-order valence-corrected chi connectivity index (χ0v) is 9.23. The van der Waals surface area contributed by atoms with Gasteiger partial charge in [-0.2, -0.15) is 13.2 Å². The van der Waals surface area contributed by atoms with Crippen LogP contribution in [0.5, 0.6) is 0 Å². The van der Waals surface area contributed by atoms with Crippen LogP contribution in [0.1, 0.15) is 15.9 Å². The van der Waals surface area contributed by atoms with Crippen molar-refractivity contribution in [1.29, 1.82) is 0 Å². The van der Waals surface area contributed by atoms with Crippen LogP contribution in [0.15, 0.2) is 35.3 Å². The van der Waals surface area contributed by atoms with E-state index >= 15 is 0 Å². The minimum atomic E-state index is -4.54. The van der Waals surface area contributed by atoms with E-state index in [1.807, 2.05) is 0 Å². The van der Waals surface area contributed by atoms with E-state index in [-0.39, 0.29) is 5.69 Å². The Balaban J connectivity index is 2.55. The molecule has 0 aliphatic carbocycles. The molecule has 8 heteroatoms. The molecule has 0 saturated heterocycles. The molecule has 1 aromatic heterocycles. The van der Waals surface area contributed by atoms with Crippen LogP contribution in [-0.4, -0.2) is 20.9 Å². The number of aromatic carboxylic acids is 1. The summed E-state index contributed by atoms with van der Waals surface area (Å²) < 4.78 is 38.3. The van der Waals surface area contributed by atoms with E-state index in [1.54, 1.807) is 0 Å². The number of H-pyrrole nitrogens is 1. The monoisotopic (exact) mass is 272 g/mol. The summed E-state index contributed by atoms with van der Waals surface area (Å²) in [6.45, 7) is 0. The Morgan fingerprint density at radius 2 is 2.00 bits per heavy atom. The van der Waals surface area contributed by atoms with Crippen LogP contribution in [0.25, 0.3) is 5.69 Å². The average Bonchev–Trinajstić information content (AvgIpc) is 2.70. The maximum Gasteiger partial charge on any atom is 0.416 e. The second-order valence-electron chi connectivity index (χ2n) is 3.68. The van der Waals surface area contributed by atoms with Gasteiger partial charge in [-0.15, -0.1) is 0 Å². The number of halogens is 3. The lowest BCUT2D eigenvalue weighted by molar-refractivity contribution is -0.137. The molecule has 0 atom stereocenters. The third kappa shape index (κ3) is 2.37. The Morgan fingerprint density at radius 3 is 2.53 bits per heavy atom. The molecular formula is C11H7F3N2O3. The summed E-state index contributed by atoms with van der Waals surface area (Å²) >= 11 is 0. The van der Waals surface area contributed by atoms with Crippen LogP contribution in [0.3, 0.4) is 0 Å². The molecule has 2 aromatic rings. The number of hydrogen-bond donors (Lipinski definition) is 2. The minimum Gasteiger partial charge on any atom is -0.477 e. The summed E-state index contributed by atoms with van der Waals surface area (Å²) in [5.41, 5.74) is -2.49. The van der Waals surface area contributed by atoms with E-state index in [9.17, 15) is 22.8 Å². The molecule has 0 aliphatic heterocycles. The summed E-state index contributed by atoms with van der Waals surface area (Å²) in [6.07, 6.45) is -3.62. The number of nitrogens with one attached hydrogen (secondary N) is 1. The molecule has 19 heavy (non-hydrogen) atoms. The summed E-state index contributed by atoms with van der Waals surface area (Å²) in [7, 11) is 0. The number of carboxylic acid groups (broad SMARTS) is 1. The van der Waals surface area contributed by atoms with Gasteiger partial charge in [-0.25, -0.2) is 9.48 Å². The van der Waals surface area contributed by atoms with Crippen molar-refractivity contribution < 1.29 is 23.1 Å². The van der Waals surface area contributed by atoms with Crippen molar-refractivity contribution in [2.24, 2.45) is 0 Å². The largest absolute Gasteiger partial charge is 0.477 e. The standard InChI is InChI=1S/C11H7F3N2O3/c12-11(13,14)6-2-1-3-7(4-6)16-9(17)8(5-15-16)10(18)19/h1-5,15H,(H,18,19). The number of benzene rings is 1. The van der Waals surface area contributed by atoms with Crippen molar-refractivity contribution in [3.8, 4) is 5.69 Å². The van der Waals surface area contributed by atoms with Crippen LogP contribution < -0.4 is 5.56 Å². The van der Waals surface area contributed by atoms with Crippen molar-refractivity contribution in [2.75, 3.05) is 0 Å². The third-order valence-electron chi connectivity index (χ3n) is 2.43. The van der Waals surface area contributed by atoms with Gasteiger partial charge in [-0.05, 0) is 18.2 Å². The number of aromatic nitrogens is 2. The summed E-state index contributed by atoms with van der Waals surface area (Å²) in [5, 5.41) is 11.0. The van der Waals surface area contributed by atoms with E-state index in [0.717, 1.165) is 29.1 Å². The SMILES string of the molecule is O=C(O)c1c[nH]n(-c2cccc(C(F)(F)F)c2)c1=O. The number of rotatable bonds is 2. The lowest BCUT2D eigenvalue weighted by Crippen LogP contribution is -2.20.